The topological polar surface area (TPSA) is 39.2 Å². The van der Waals surface area contributed by atoms with Crippen LogP contribution < -0.4 is 0 Å². The van der Waals surface area contributed by atoms with Crippen LogP contribution in [0, 0.1) is 23.5 Å². The minimum atomic E-state index is -6.75. The summed E-state index contributed by atoms with van der Waals surface area (Å²) in [5, 5.41) is 0. The van der Waals surface area contributed by atoms with Crippen LogP contribution in [-0.2, 0) is 14.9 Å². The first-order chi connectivity index (χ1) is 10.7. The third kappa shape index (κ3) is 2.75. The number of nitrogens with zero attached hydrogens (tertiary/aromatic N) is 1. The molecule has 24 heavy (non-hydrogen) atoms. The molecule has 1 aromatic heterocycles. The number of carbonyl (C=O) groups excluding carboxylic acids is 1. The van der Waals surface area contributed by atoms with Gasteiger partial charge in [-0.05, 0) is 6.92 Å². The predicted octanol–water partition coefficient (Wildman–Crippen LogP) is 3.56. The van der Waals surface area contributed by atoms with Crippen LogP contribution in [0.15, 0.2) is 0 Å². The van der Waals surface area contributed by atoms with Crippen molar-refractivity contribution in [1.29, 1.82) is 0 Å². The minimum Gasteiger partial charge on any atom is -0.465 e. The Labute approximate surface area is 126 Å². The van der Waals surface area contributed by atoms with E-state index in [-0.39, 0.29) is 0 Å². The first-order valence-corrected chi connectivity index (χ1v) is 5.74. The number of carbonyl (C=O) groups is 1. The van der Waals surface area contributed by atoms with Gasteiger partial charge in [0.25, 0.3) is 17.3 Å². The lowest BCUT2D eigenvalue weighted by Gasteiger charge is -2.35. The summed E-state index contributed by atoms with van der Waals surface area (Å²) < 4.78 is 136. The lowest BCUT2D eigenvalue weighted by molar-refractivity contribution is -0.300. The highest BCUT2D eigenvalue weighted by molar-refractivity contribution is 5.86. The highest BCUT2D eigenvalue weighted by Gasteiger charge is 2.79. The Morgan fingerprint density at radius 3 is 1.58 bits per heavy atom. The van der Waals surface area contributed by atoms with Gasteiger partial charge in [-0.3, -0.25) is 4.79 Å². The van der Waals surface area contributed by atoms with Gasteiger partial charge in [0.1, 0.15) is 0 Å². The molecule has 0 aliphatic heterocycles. The van der Waals surface area contributed by atoms with Gasteiger partial charge in [0, 0.05) is 0 Å². The number of rotatable bonds is 3. The molecule has 0 radical (unpaired) electrons. The third-order valence-corrected chi connectivity index (χ3v) is 2.80. The summed E-state index contributed by atoms with van der Waals surface area (Å²) in [5.41, 5.74) is -9.24. The normalized spacial score (nSPS) is 13.1. The van der Waals surface area contributed by atoms with E-state index in [0.717, 1.165) is 6.92 Å². The SMILES string of the molecule is CCOC(=O)C(c1c(F)c(F)nc(F)c1F)(C(F)(F)F)C(F)(F)F. The maximum atomic E-state index is 13.5. The number of hydrogen-bond acceptors (Lipinski definition) is 3. The van der Waals surface area contributed by atoms with E-state index in [1.54, 1.807) is 0 Å². The Morgan fingerprint density at radius 2 is 1.29 bits per heavy atom. The first kappa shape index (κ1) is 20.0. The van der Waals surface area contributed by atoms with Crippen LogP contribution in [0.5, 0.6) is 0 Å². The van der Waals surface area contributed by atoms with Crippen molar-refractivity contribution < 1.29 is 53.4 Å². The van der Waals surface area contributed by atoms with Gasteiger partial charge in [-0.1, -0.05) is 0 Å². The molecule has 0 aliphatic carbocycles. The fourth-order valence-electron chi connectivity index (χ4n) is 1.83. The summed E-state index contributed by atoms with van der Waals surface area (Å²) in [6.07, 6.45) is -13.5. The molecule has 0 saturated carbocycles. The maximum absolute atomic E-state index is 13.5. The van der Waals surface area contributed by atoms with E-state index < -0.39 is 59.4 Å². The molecule has 3 nitrogen and oxygen atoms in total. The Morgan fingerprint density at radius 1 is 0.917 bits per heavy atom. The van der Waals surface area contributed by atoms with E-state index in [1.165, 1.54) is 0 Å². The molecule has 0 N–H and O–H groups in total. The average molecular weight is 373 g/mol. The van der Waals surface area contributed by atoms with E-state index >= 15 is 0 Å². The van der Waals surface area contributed by atoms with Crippen molar-refractivity contribution >= 4 is 5.97 Å². The van der Waals surface area contributed by atoms with Crippen molar-refractivity contribution in [3.8, 4) is 0 Å². The molecule has 0 bridgehead atoms. The second-order valence-corrected chi connectivity index (χ2v) is 4.16. The molecule has 1 rings (SSSR count). The molecule has 0 spiro atoms. The maximum Gasteiger partial charge on any atom is 0.418 e. The van der Waals surface area contributed by atoms with Crippen LogP contribution in [0.25, 0.3) is 0 Å². The fraction of sp³-hybridized carbons (Fsp3) is 0.455. The van der Waals surface area contributed by atoms with Crippen LogP contribution >= 0.6 is 0 Å². The number of alkyl halides is 6. The summed E-state index contributed by atoms with van der Waals surface area (Å²) in [6, 6.07) is 0. The molecule has 0 atom stereocenters. The summed E-state index contributed by atoms with van der Waals surface area (Å²) >= 11 is 0. The van der Waals surface area contributed by atoms with Gasteiger partial charge in [-0.2, -0.15) is 40.1 Å². The molecule has 136 valence electrons. The van der Waals surface area contributed by atoms with Crippen LogP contribution in [0.1, 0.15) is 12.5 Å². The van der Waals surface area contributed by atoms with Crippen molar-refractivity contribution in [3.63, 3.8) is 0 Å². The van der Waals surface area contributed by atoms with Gasteiger partial charge in [-0.15, -0.1) is 0 Å². The molecule has 0 fully saturated rings. The molecule has 1 aromatic rings. The zero-order chi connectivity index (χ0) is 19.1. The molecular formula is C11H5F10NO2. The van der Waals surface area contributed by atoms with Crippen LogP contribution in [0.2, 0.25) is 0 Å². The molecule has 0 saturated heterocycles. The second-order valence-electron chi connectivity index (χ2n) is 4.16. The monoisotopic (exact) mass is 373 g/mol. The predicted molar refractivity (Wildman–Crippen MR) is 54.5 cm³/mol. The largest absolute Gasteiger partial charge is 0.465 e. The zero-order valence-electron chi connectivity index (χ0n) is 11.3. The quantitative estimate of drug-likeness (QED) is 0.462. The number of esters is 1. The Balaban J connectivity index is 4.10. The highest BCUT2D eigenvalue weighted by atomic mass is 19.4. The summed E-state index contributed by atoms with van der Waals surface area (Å²) in [7, 11) is 0. The third-order valence-electron chi connectivity index (χ3n) is 2.80. The number of pyridine rings is 1. The highest BCUT2D eigenvalue weighted by Crippen LogP contribution is 2.54. The minimum absolute atomic E-state index is 0.801. The van der Waals surface area contributed by atoms with Crippen molar-refractivity contribution in [3.05, 3.63) is 29.1 Å². The number of halogens is 10. The van der Waals surface area contributed by atoms with Gasteiger partial charge in [0.05, 0.1) is 12.2 Å². The first-order valence-electron chi connectivity index (χ1n) is 5.74. The average Bonchev–Trinajstić information content (AvgIpc) is 2.38. The molecular weight excluding hydrogens is 368 g/mol. The van der Waals surface area contributed by atoms with Crippen molar-refractivity contribution in [1.82, 2.24) is 4.98 Å². The van der Waals surface area contributed by atoms with E-state index in [2.05, 4.69) is 4.74 Å². The van der Waals surface area contributed by atoms with Gasteiger partial charge in [-0.25, -0.2) is 8.78 Å². The van der Waals surface area contributed by atoms with Crippen molar-refractivity contribution in [2.75, 3.05) is 6.61 Å². The number of ether oxygens (including phenoxy) is 1. The molecule has 0 aliphatic rings. The van der Waals surface area contributed by atoms with E-state index in [1.807, 2.05) is 4.98 Å². The Bertz CT molecular complexity index is 611. The molecule has 1 heterocycles. The summed E-state index contributed by atoms with van der Waals surface area (Å²) in [5.74, 6) is -15.1. The number of hydrogen-bond donors (Lipinski definition) is 0. The van der Waals surface area contributed by atoms with Gasteiger partial charge in [0.2, 0.25) is 0 Å². The summed E-state index contributed by atoms with van der Waals surface area (Å²) in [4.78, 5) is 13.3. The van der Waals surface area contributed by atoms with E-state index in [4.69, 9.17) is 0 Å². The summed E-state index contributed by atoms with van der Waals surface area (Å²) in [6.45, 7) is -0.248. The van der Waals surface area contributed by atoms with E-state index in [9.17, 15) is 48.7 Å². The van der Waals surface area contributed by atoms with Crippen LogP contribution in [0.3, 0.4) is 0 Å². The standard InChI is InChI=1S/C11H5F10NO2/c1-2-24-8(23)9(10(16,17)18,11(19,20)21)3-4(12)6(14)22-7(15)5(3)13/h2H2,1H3. The molecule has 0 unspecified atom stereocenters. The molecule has 13 heteroatoms. The lowest BCUT2D eigenvalue weighted by atomic mass is 9.78. The van der Waals surface area contributed by atoms with Gasteiger partial charge in [0.15, 0.2) is 11.6 Å². The fourth-order valence-corrected chi connectivity index (χ4v) is 1.83. The molecule has 0 amide bonds. The Kier molecular flexibility index (Phi) is 5.07. The number of aromatic nitrogens is 1. The zero-order valence-corrected chi connectivity index (χ0v) is 11.3. The smallest absolute Gasteiger partial charge is 0.418 e. The van der Waals surface area contributed by atoms with Gasteiger partial charge < -0.3 is 4.74 Å². The van der Waals surface area contributed by atoms with Crippen LogP contribution in [-0.4, -0.2) is 29.9 Å². The van der Waals surface area contributed by atoms with Crippen LogP contribution in [0.4, 0.5) is 43.9 Å². The van der Waals surface area contributed by atoms with E-state index in [0.29, 0.717) is 0 Å². The second kappa shape index (κ2) is 6.09. The Hall–Kier alpha value is -2.08. The lowest BCUT2D eigenvalue weighted by Crippen LogP contribution is -2.61. The van der Waals surface area contributed by atoms with Crippen molar-refractivity contribution in [2.24, 2.45) is 0 Å². The molecule has 0 aromatic carbocycles. The van der Waals surface area contributed by atoms with Gasteiger partial charge >= 0.3 is 18.3 Å². The van der Waals surface area contributed by atoms with Crippen molar-refractivity contribution in [2.45, 2.75) is 24.7 Å².